The van der Waals surface area contributed by atoms with E-state index in [2.05, 4.69) is 11.6 Å². The molecule has 1 unspecified atom stereocenters. The Morgan fingerprint density at radius 2 is 1.72 bits per heavy atom. The molecule has 2 aromatic carbocycles. The van der Waals surface area contributed by atoms with Gasteiger partial charge in [0.2, 0.25) is 10.0 Å². The zero-order valence-corrected chi connectivity index (χ0v) is 16.5. The highest BCUT2D eigenvalue weighted by Gasteiger charge is 2.16. The van der Waals surface area contributed by atoms with E-state index >= 15 is 0 Å². The monoisotopic (exact) mass is 379 g/mol. The predicted molar refractivity (Wildman–Crippen MR) is 105 cm³/mol. The van der Waals surface area contributed by atoms with Crippen LogP contribution >= 0.6 is 11.8 Å². The third-order valence-corrected chi connectivity index (χ3v) is 6.61. The van der Waals surface area contributed by atoms with Crippen LogP contribution in [0.25, 0.3) is 0 Å². The molecule has 25 heavy (non-hydrogen) atoms. The maximum absolute atomic E-state index is 12.4. The number of methoxy groups -OCH3 is 1. The van der Waals surface area contributed by atoms with E-state index in [1.807, 2.05) is 55.1 Å². The van der Waals surface area contributed by atoms with Crippen molar-refractivity contribution in [1.29, 1.82) is 0 Å². The van der Waals surface area contributed by atoms with Crippen molar-refractivity contribution >= 4 is 21.8 Å². The van der Waals surface area contributed by atoms with E-state index in [9.17, 15) is 8.42 Å². The fourth-order valence-corrected chi connectivity index (χ4v) is 4.58. The maximum atomic E-state index is 12.4. The van der Waals surface area contributed by atoms with Crippen molar-refractivity contribution in [3.63, 3.8) is 0 Å². The average molecular weight is 380 g/mol. The van der Waals surface area contributed by atoms with Gasteiger partial charge in [0, 0.05) is 11.8 Å². The number of hydrogen-bond donors (Lipinski definition) is 1. The lowest BCUT2D eigenvalue weighted by Gasteiger charge is -2.17. The van der Waals surface area contributed by atoms with Gasteiger partial charge in [0.15, 0.2) is 0 Å². The molecule has 0 heterocycles. The summed E-state index contributed by atoms with van der Waals surface area (Å²) in [7, 11) is -1.81. The average Bonchev–Trinajstić information content (AvgIpc) is 2.61. The van der Waals surface area contributed by atoms with Crippen molar-refractivity contribution < 1.29 is 13.2 Å². The van der Waals surface area contributed by atoms with Crippen LogP contribution in [-0.4, -0.2) is 27.8 Å². The van der Waals surface area contributed by atoms with Crippen molar-refractivity contribution in [3.8, 4) is 5.75 Å². The van der Waals surface area contributed by atoms with E-state index in [0.29, 0.717) is 11.4 Å². The van der Waals surface area contributed by atoms with Gasteiger partial charge >= 0.3 is 0 Å². The zero-order chi connectivity index (χ0) is 18.3. The number of rotatable bonds is 9. The molecule has 136 valence electrons. The summed E-state index contributed by atoms with van der Waals surface area (Å²) in [6.45, 7) is 4.45. The molecule has 0 amide bonds. The third kappa shape index (κ3) is 5.76. The third-order valence-electron chi connectivity index (χ3n) is 3.89. The molecule has 0 aromatic heterocycles. The highest BCUT2D eigenvalue weighted by atomic mass is 32.2. The topological polar surface area (TPSA) is 55.4 Å². The Bertz CT molecular complexity index is 756. The summed E-state index contributed by atoms with van der Waals surface area (Å²) < 4.78 is 32.6. The number of aryl methyl sites for hydroxylation is 1. The molecule has 1 N–H and O–H groups in total. The first kappa shape index (κ1) is 19.8. The van der Waals surface area contributed by atoms with E-state index in [-0.39, 0.29) is 5.25 Å². The molecule has 0 saturated carbocycles. The van der Waals surface area contributed by atoms with Gasteiger partial charge < -0.3 is 4.74 Å². The van der Waals surface area contributed by atoms with Gasteiger partial charge in [0.25, 0.3) is 0 Å². The smallest absolute Gasteiger partial charge is 0.240 e. The molecule has 0 saturated heterocycles. The zero-order valence-electron chi connectivity index (χ0n) is 14.9. The van der Waals surface area contributed by atoms with Crippen LogP contribution in [0, 0.1) is 6.92 Å². The first-order valence-corrected chi connectivity index (χ1v) is 10.8. The van der Waals surface area contributed by atoms with Gasteiger partial charge in [-0.05, 0) is 48.9 Å². The minimum atomic E-state index is -3.46. The fourth-order valence-electron chi connectivity index (χ4n) is 2.49. The van der Waals surface area contributed by atoms with Crippen molar-refractivity contribution in [1.82, 2.24) is 4.72 Å². The van der Waals surface area contributed by atoms with Gasteiger partial charge in [0.05, 0.1) is 12.0 Å². The van der Waals surface area contributed by atoms with Crippen LogP contribution in [0.5, 0.6) is 5.75 Å². The lowest BCUT2D eigenvalue weighted by atomic mass is 10.1. The van der Waals surface area contributed by atoms with Gasteiger partial charge in [0.1, 0.15) is 5.75 Å². The van der Waals surface area contributed by atoms with Gasteiger partial charge in [-0.15, -0.1) is 0 Å². The molecule has 0 aliphatic carbocycles. The standard InChI is InChI=1S/C19H25NO3S2/c1-4-24-19(16-7-9-17(23-3)10-8-16)13-14-20-25(21,22)18-11-5-15(2)6-12-18/h5-12,19-20H,4,13-14H2,1-3H3. The number of nitrogens with one attached hydrogen (secondary N) is 1. The van der Waals surface area contributed by atoms with Crippen molar-refractivity contribution in [2.75, 3.05) is 19.4 Å². The van der Waals surface area contributed by atoms with Gasteiger partial charge in [-0.25, -0.2) is 13.1 Å². The summed E-state index contributed by atoms with van der Waals surface area (Å²) in [5.74, 6) is 1.80. The number of benzene rings is 2. The molecule has 0 aliphatic rings. The van der Waals surface area contributed by atoms with Crippen LogP contribution in [-0.2, 0) is 10.0 Å². The van der Waals surface area contributed by atoms with Crippen LogP contribution in [0.4, 0.5) is 0 Å². The van der Waals surface area contributed by atoms with Crippen molar-refractivity contribution in [2.24, 2.45) is 0 Å². The van der Waals surface area contributed by atoms with Gasteiger partial charge in [-0.1, -0.05) is 36.8 Å². The molecule has 2 rings (SSSR count). The Kier molecular flexibility index (Phi) is 7.35. The lowest BCUT2D eigenvalue weighted by molar-refractivity contribution is 0.414. The summed E-state index contributed by atoms with van der Waals surface area (Å²) >= 11 is 1.82. The summed E-state index contributed by atoms with van der Waals surface area (Å²) in [5, 5.41) is 0.247. The van der Waals surface area contributed by atoms with Crippen LogP contribution < -0.4 is 9.46 Å². The summed E-state index contributed by atoms with van der Waals surface area (Å²) in [4.78, 5) is 0.308. The van der Waals surface area contributed by atoms with Gasteiger partial charge in [-0.3, -0.25) is 0 Å². The molecule has 6 heteroatoms. The second-order valence-electron chi connectivity index (χ2n) is 5.72. The van der Waals surface area contributed by atoms with E-state index < -0.39 is 10.0 Å². The van der Waals surface area contributed by atoms with E-state index in [1.165, 1.54) is 5.56 Å². The highest BCUT2D eigenvalue weighted by molar-refractivity contribution is 7.99. The summed E-state index contributed by atoms with van der Waals surface area (Å²) in [6.07, 6.45) is 0.732. The molecule has 2 aromatic rings. The Morgan fingerprint density at radius 3 is 2.28 bits per heavy atom. The molecule has 1 atom stereocenters. The molecular weight excluding hydrogens is 354 g/mol. The van der Waals surface area contributed by atoms with Crippen LogP contribution in [0.3, 0.4) is 0 Å². The summed E-state index contributed by atoms with van der Waals surface area (Å²) in [5.41, 5.74) is 2.22. The maximum Gasteiger partial charge on any atom is 0.240 e. The Balaban J connectivity index is 1.99. The largest absolute Gasteiger partial charge is 0.497 e. The minimum Gasteiger partial charge on any atom is -0.497 e. The first-order chi connectivity index (χ1) is 12.0. The minimum absolute atomic E-state index is 0.247. The lowest BCUT2D eigenvalue weighted by Crippen LogP contribution is -2.25. The Hall–Kier alpha value is -1.50. The SMILES string of the molecule is CCSC(CCNS(=O)(=O)c1ccc(C)cc1)c1ccc(OC)cc1. The van der Waals surface area contributed by atoms with E-state index in [4.69, 9.17) is 4.74 Å². The highest BCUT2D eigenvalue weighted by Crippen LogP contribution is 2.32. The van der Waals surface area contributed by atoms with E-state index in [0.717, 1.165) is 23.5 Å². The second-order valence-corrected chi connectivity index (χ2v) is 8.96. The molecule has 0 bridgehead atoms. The van der Waals surface area contributed by atoms with Crippen LogP contribution in [0.1, 0.15) is 29.7 Å². The molecule has 0 fully saturated rings. The number of ether oxygens (including phenoxy) is 1. The Labute approximate surface area is 155 Å². The van der Waals surface area contributed by atoms with Crippen molar-refractivity contribution in [2.45, 2.75) is 30.4 Å². The van der Waals surface area contributed by atoms with E-state index in [1.54, 1.807) is 19.2 Å². The molecule has 4 nitrogen and oxygen atoms in total. The fraction of sp³-hybridized carbons (Fsp3) is 0.368. The predicted octanol–water partition coefficient (Wildman–Crippen LogP) is 4.17. The normalized spacial score (nSPS) is 12.8. The quantitative estimate of drug-likeness (QED) is 0.710. The van der Waals surface area contributed by atoms with Crippen LogP contribution in [0.15, 0.2) is 53.4 Å². The first-order valence-electron chi connectivity index (χ1n) is 8.28. The molecule has 0 spiro atoms. The number of thioether (sulfide) groups is 1. The number of sulfonamides is 1. The molecule has 0 aliphatic heterocycles. The van der Waals surface area contributed by atoms with Crippen LogP contribution in [0.2, 0.25) is 0 Å². The molecule has 0 radical (unpaired) electrons. The number of hydrogen-bond acceptors (Lipinski definition) is 4. The Morgan fingerprint density at radius 1 is 1.08 bits per heavy atom. The van der Waals surface area contributed by atoms with Crippen molar-refractivity contribution in [3.05, 3.63) is 59.7 Å². The second kappa shape index (κ2) is 9.27. The molecular formula is C19H25NO3S2. The van der Waals surface area contributed by atoms with Gasteiger partial charge in [-0.2, -0.15) is 11.8 Å². The summed E-state index contributed by atoms with van der Waals surface area (Å²) in [6, 6.07) is 14.9.